The number of carbonyl (C=O) groups excluding carboxylic acids is 3. The first-order valence-electron chi connectivity index (χ1n) is 34.1. The van der Waals surface area contributed by atoms with E-state index < -0.39 is 21.7 Å². The number of nitrogens with two attached hydrogens (primary N) is 1. The van der Waals surface area contributed by atoms with Gasteiger partial charge in [-0.3, -0.25) is 29.8 Å². The van der Waals surface area contributed by atoms with Gasteiger partial charge in [0, 0.05) is 149 Å². The van der Waals surface area contributed by atoms with E-state index in [9.17, 15) is 14.4 Å². The summed E-state index contributed by atoms with van der Waals surface area (Å²) in [6.45, 7) is 23.7. The molecule has 0 saturated carbocycles. The van der Waals surface area contributed by atoms with Gasteiger partial charge in [-0.1, -0.05) is 112 Å². The molecule has 4 atom stereocenters. The predicted octanol–water partition coefficient (Wildman–Crippen LogP) is 10.5. The molecule has 516 valence electrons. The van der Waals surface area contributed by atoms with Gasteiger partial charge >= 0.3 is 6.09 Å². The third-order valence-electron chi connectivity index (χ3n) is 18.7. The van der Waals surface area contributed by atoms with Crippen molar-refractivity contribution in [3.8, 4) is 44.8 Å². The molecule has 4 bridgehead atoms. The quantitative estimate of drug-likeness (QED) is 0.0332. The summed E-state index contributed by atoms with van der Waals surface area (Å²) in [5, 5.41) is 26.2. The van der Waals surface area contributed by atoms with Gasteiger partial charge in [0.15, 0.2) is 11.3 Å². The van der Waals surface area contributed by atoms with E-state index in [1.807, 2.05) is 126 Å². The summed E-state index contributed by atoms with van der Waals surface area (Å²) in [7, 11) is -2.67. The van der Waals surface area contributed by atoms with Crippen LogP contribution in [0.25, 0.3) is 56.1 Å². The lowest BCUT2D eigenvalue weighted by molar-refractivity contribution is -0.0264. The third kappa shape index (κ3) is 15.6. The van der Waals surface area contributed by atoms with Crippen LogP contribution in [0.4, 0.5) is 16.4 Å². The largest absolute Gasteiger partial charge is 0.444 e. The van der Waals surface area contributed by atoms with E-state index in [-0.39, 0.29) is 65.6 Å². The number of amides is 3. The monoisotopic (exact) mass is 1370 g/mol. The van der Waals surface area contributed by atoms with E-state index in [1.165, 1.54) is 12.7 Å². The lowest BCUT2D eigenvalue weighted by Crippen LogP contribution is -2.65. The first kappa shape index (κ1) is 67.9. The van der Waals surface area contributed by atoms with Crippen LogP contribution in [-0.2, 0) is 14.2 Å². The van der Waals surface area contributed by atoms with Gasteiger partial charge in [0.1, 0.15) is 43.4 Å². The fraction of sp³-hybridized carbons (Fsp3) is 0.423. The number of carbonyl (C=O) groups is 3. The standard InChI is InChI=1S/C44H62N10O5Si2.C27H26N10O/c1-44(2,3)59-43(56)51-26-34-21-33(22-35(27-51)53(34)42(55)40-46-28-47-50-40)38-23-39(52(29-57-17-19-60(4,5)6)30-58-18-20-61(7,8)9)54-41(49-38)36(25-48-54)32-15-16-37(45-24-32)31-13-11-10-12-14-31;28-24-10-23(18-8-19-12-29-13-20(9-18)36(19)27(38)25-31-15-32-35-25)34-26-21(14-33-37(24)26)17-6-7-22(30-11-17)16-4-2-1-3-5-16/h10-16,23-25,28,33-35H,17-22,26-27,29-30H2,1-9H3,(H,46,47,50);1-7,10-11,14-15,18-20,29H,8-9,12-13,28H2,(H,31,32,35). The highest BCUT2D eigenvalue weighted by Gasteiger charge is 2.48. The van der Waals surface area contributed by atoms with Crippen LogP contribution in [0.3, 0.4) is 0 Å². The van der Waals surface area contributed by atoms with Crippen LogP contribution in [0.5, 0.6) is 0 Å². The van der Waals surface area contributed by atoms with E-state index >= 15 is 0 Å². The van der Waals surface area contributed by atoms with E-state index in [0.29, 0.717) is 69.7 Å². The van der Waals surface area contributed by atoms with Crippen LogP contribution < -0.4 is 16.0 Å². The first-order valence-corrected chi connectivity index (χ1v) is 41.5. The van der Waals surface area contributed by atoms with Crippen LogP contribution >= 0.6 is 0 Å². The summed E-state index contributed by atoms with van der Waals surface area (Å²) in [5.74, 6) is 1.57. The molecule has 28 heteroatoms. The fourth-order valence-corrected chi connectivity index (χ4v) is 15.2. The summed E-state index contributed by atoms with van der Waals surface area (Å²) >= 11 is 0. The number of H-pyrrole nitrogens is 2. The molecule has 4 saturated heterocycles. The van der Waals surface area contributed by atoms with E-state index in [0.717, 1.165) is 100.0 Å². The average molecular weight is 1370 g/mol. The molecule has 4 aliphatic heterocycles. The summed E-state index contributed by atoms with van der Waals surface area (Å²) < 4.78 is 22.2. The third-order valence-corrected chi connectivity index (χ3v) is 22.1. The fourth-order valence-electron chi connectivity index (χ4n) is 13.7. The molecule has 5 N–H and O–H groups in total. The number of benzene rings is 2. The first-order chi connectivity index (χ1) is 47.6. The zero-order valence-corrected chi connectivity index (χ0v) is 59.7. The van der Waals surface area contributed by atoms with Crippen molar-refractivity contribution < 1.29 is 28.6 Å². The number of piperidine rings is 2. The second-order valence-corrected chi connectivity index (χ2v) is 40.9. The molecule has 0 aliphatic carbocycles. The van der Waals surface area contributed by atoms with E-state index in [4.69, 9.17) is 40.0 Å². The maximum atomic E-state index is 14.0. The molecule has 26 nitrogen and oxygen atoms in total. The number of aromatic nitrogens is 14. The van der Waals surface area contributed by atoms with Gasteiger partial charge in [0.2, 0.25) is 11.6 Å². The number of ether oxygens (including phenoxy) is 3. The minimum atomic E-state index is -1.34. The molecule has 4 unspecified atom stereocenters. The Labute approximate surface area is 577 Å². The van der Waals surface area contributed by atoms with Gasteiger partial charge < -0.3 is 44.9 Å². The molecule has 4 fully saturated rings. The Morgan fingerprint density at radius 3 is 1.49 bits per heavy atom. The molecule has 99 heavy (non-hydrogen) atoms. The Bertz CT molecular complexity index is 4360. The number of fused-ring (bicyclic) bond motifs is 6. The number of pyridine rings is 2. The zero-order valence-electron chi connectivity index (χ0n) is 57.7. The van der Waals surface area contributed by atoms with Crippen molar-refractivity contribution in [3.63, 3.8) is 0 Å². The molecule has 0 spiro atoms. The van der Waals surface area contributed by atoms with Crippen LogP contribution in [0.1, 0.15) is 90.9 Å². The number of nitrogens with one attached hydrogen (secondary N) is 3. The molecule has 0 radical (unpaired) electrons. The van der Waals surface area contributed by atoms with Crippen LogP contribution in [0.15, 0.2) is 135 Å². The summed E-state index contributed by atoms with van der Waals surface area (Å²) in [6.07, 6.45) is 12.4. The Hall–Kier alpha value is -9.62. The number of nitrogen functional groups attached to an aromatic ring is 1. The van der Waals surface area contributed by atoms with Crippen molar-refractivity contribution >= 4 is 57.0 Å². The molecular weight excluding hydrogens is 1290 g/mol. The minimum Gasteiger partial charge on any atom is -0.444 e. The maximum Gasteiger partial charge on any atom is 0.410 e. The van der Waals surface area contributed by atoms with Gasteiger partial charge in [-0.15, -0.1) is 0 Å². The van der Waals surface area contributed by atoms with Gasteiger partial charge in [-0.25, -0.2) is 24.7 Å². The number of likely N-dealkylation sites (tertiary alicyclic amines) is 1. The molecule has 8 aromatic heterocycles. The van der Waals surface area contributed by atoms with Crippen molar-refractivity contribution in [2.45, 2.75) is 139 Å². The van der Waals surface area contributed by atoms with Gasteiger partial charge in [0.05, 0.1) is 35.9 Å². The molecule has 3 amide bonds. The van der Waals surface area contributed by atoms with Crippen molar-refractivity contribution in [1.82, 2.24) is 89.5 Å². The van der Waals surface area contributed by atoms with E-state index in [2.05, 4.69) is 114 Å². The SMILES string of the molecule is CC(C)(C)OC(=O)N1CC2CC(c3cc(N(COCC[Si](C)(C)C)COCC[Si](C)(C)C)n4ncc(-c5ccc(-c6ccccc6)nc5)c4n3)CC(C1)N2C(=O)c1ncn[nH]1.Nc1cc(C2CC3CNCC(C2)N3C(=O)c2ncn[nH]2)nc2c(-c3ccc(-c4ccccc4)nc3)cnn12. The highest BCUT2D eigenvalue weighted by atomic mass is 28.3. The summed E-state index contributed by atoms with van der Waals surface area (Å²) in [6, 6.07) is 33.9. The molecule has 12 heterocycles. The number of aromatic amines is 2. The number of nitrogens with zero attached hydrogens (tertiary/aromatic N) is 16. The number of hydrogen-bond donors (Lipinski definition) is 4. The average Bonchev–Trinajstić information content (AvgIpc) is 1.75. The number of hydrogen-bond acceptors (Lipinski definition) is 19. The predicted molar refractivity (Wildman–Crippen MR) is 383 cm³/mol. The number of rotatable bonds is 19. The van der Waals surface area contributed by atoms with Gasteiger partial charge in [-0.05, 0) is 70.7 Å². The molecule has 10 aromatic rings. The second-order valence-electron chi connectivity index (χ2n) is 29.7. The summed E-state index contributed by atoms with van der Waals surface area (Å²) in [4.78, 5) is 76.5. The normalized spacial score (nSPS) is 19.4. The Morgan fingerprint density at radius 2 is 1.04 bits per heavy atom. The maximum absolute atomic E-state index is 14.0. The topological polar surface area (TPSA) is 299 Å². The van der Waals surface area contributed by atoms with Gasteiger partial charge in [0.25, 0.3) is 11.8 Å². The highest BCUT2D eigenvalue weighted by molar-refractivity contribution is 6.76. The number of anilines is 2. The minimum absolute atomic E-state index is 0.0310. The van der Waals surface area contributed by atoms with Crippen molar-refractivity contribution in [3.05, 3.63) is 158 Å². The van der Waals surface area contributed by atoms with Crippen LogP contribution in [0.2, 0.25) is 51.4 Å². The molecule has 4 aliphatic rings. The van der Waals surface area contributed by atoms with Crippen molar-refractivity contribution in [2.24, 2.45) is 0 Å². The number of piperazine rings is 2. The van der Waals surface area contributed by atoms with Crippen LogP contribution in [-0.4, -0.2) is 201 Å². The lowest BCUT2D eigenvalue weighted by Gasteiger charge is -2.51. The molecule has 14 rings (SSSR count). The summed E-state index contributed by atoms with van der Waals surface area (Å²) in [5.41, 5.74) is 16.5. The smallest absolute Gasteiger partial charge is 0.410 e. The van der Waals surface area contributed by atoms with Crippen molar-refractivity contribution in [2.75, 3.05) is 63.5 Å². The lowest BCUT2D eigenvalue weighted by atomic mass is 9.81. The highest BCUT2D eigenvalue weighted by Crippen LogP contribution is 2.42. The molecular formula is C71H88N20O6Si2. The van der Waals surface area contributed by atoms with E-state index in [1.54, 1.807) is 15.6 Å². The van der Waals surface area contributed by atoms with Crippen molar-refractivity contribution in [1.29, 1.82) is 0 Å². The van der Waals surface area contributed by atoms with Gasteiger partial charge in [-0.2, -0.15) is 29.4 Å². The Balaban J connectivity index is 0.000000197. The Morgan fingerprint density at radius 1 is 0.576 bits per heavy atom. The second kappa shape index (κ2) is 28.7. The van der Waals surface area contributed by atoms with Crippen LogP contribution in [0, 0.1) is 0 Å². The molecule has 2 aromatic carbocycles. The zero-order chi connectivity index (χ0) is 69.2. The Kier molecular flexibility index (Phi) is 19.7.